The molecule has 0 saturated carbocycles. The number of nitrogens with one attached hydrogen (secondary N) is 1. The van der Waals surface area contributed by atoms with Gasteiger partial charge in [-0.05, 0) is 31.2 Å². The van der Waals surface area contributed by atoms with Crippen LogP contribution in [0.15, 0.2) is 0 Å². The Morgan fingerprint density at radius 3 is 2.68 bits per heavy atom. The minimum absolute atomic E-state index is 0.0719. The van der Waals surface area contributed by atoms with E-state index in [4.69, 9.17) is 0 Å². The molecule has 0 aromatic carbocycles. The topological polar surface area (TPSA) is 69.6 Å². The molecule has 0 bridgehead atoms. The zero-order valence-electron chi connectivity index (χ0n) is 12.2. The van der Waals surface area contributed by atoms with Gasteiger partial charge < -0.3 is 10.4 Å². The minimum atomic E-state index is -0.828. The maximum absolute atomic E-state index is 11.8. The molecule has 5 heteroatoms. The van der Waals surface area contributed by atoms with E-state index in [0.717, 1.165) is 25.7 Å². The van der Waals surface area contributed by atoms with E-state index in [0.29, 0.717) is 13.1 Å². The Morgan fingerprint density at radius 2 is 2.11 bits per heavy atom. The number of carboxylic acid groups (broad SMARTS) is 1. The molecule has 110 valence electrons. The predicted molar refractivity (Wildman–Crippen MR) is 73.9 cm³/mol. The molecule has 0 aromatic heterocycles. The molecule has 1 atom stereocenters. The number of carbonyl (C=O) groups excluding carboxylic acids is 1. The van der Waals surface area contributed by atoms with Gasteiger partial charge in [-0.25, -0.2) is 0 Å². The summed E-state index contributed by atoms with van der Waals surface area (Å²) in [4.78, 5) is 25.1. The number of hydrogen-bond donors (Lipinski definition) is 2. The highest BCUT2D eigenvalue weighted by molar-refractivity contribution is 5.80. The lowest BCUT2D eigenvalue weighted by Crippen LogP contribution is -2.56. The number of nitrogens with zero attached hydrogens (tertiary/aromatic N) is 1. The van der Waals surface area contributed by atoms with Gasteiger partial charge in [0.05, 0.1) is 6.54 Å². The van der Waals surface area contributed by atoms with Gasteiger partial charge in [-0.15, -0.1) is 0 Å². The summed E-state index contributed by atoms with van der Waals surface area (Å²) in [5, 5.41) is 12.2. The molecule has 1 heterocycles. The summed E-state index contributed by atoms with van der Waals surface area (Å²) in [6.45, 7) is 7.54. The number of rotatable bonds is 6. The molecule has 1 amide bonds. The van der Waals surface area contributed by atoms with Gasteiger partial charge in [-0.3, -0.25) is 14.5 Å². The van der Waals surface area contributed by atoms with Crippen molar-refractivity contribution in [2.24, 2.45) is 5.41 Å². The maximum atomic E-state index is 11.8. The van der Waals surface area contributed by atoms with Crippen LogP contribution in [0.5, 0.6) is 0 Å². The Labute approximate surface area is 115 Å². The summed E-state index contributed by atoms with van der Waals surface area (Å²) < 4.78 is 0. The van der Waals surface area contributed by atoms with Gasteiger partial charge in [0, 0.05) is 6.54 Å². The van der Waals surface area contributed by atoms with E-state index in [2.05, 4.69) is 12.2 Å². The smallest absolute Gasteiger partial charge is 0.321 e. The van der Waals surface area contributed by atoms with Crippen molar-refractivity contribution >= 4 is 11.9 Å². The largest absolute Gasteiger partial charge is 0.480 e. The number of piperidine rings is 1. The van der Waals surface area contributed by atoms with Crippen LogP contribution in [-0.4, -0.2) is 47.6 Å². The first kappa shape index (κ1) is 16.0. The van der Waals surface area contributed by atoms with Crippen LogP contribution in [0.1, 0.15) is 46.5 Å². The summed E-state index contributed by atoms with van der Waals surface area (Å²) in [5.74, 6) is -0.900. The third kappa shape index (κ3) is 4.49. The van der Waals surface area contributed by atoms with E-state index in [1.165, 1.54) is 0 Å². The summed E-state index contributed by atoms with van der Waals surface area (Å²) in [7, 11) is 0. The second kappa shape index (κ2) is 6.89. The van der Waals surface area contributed by atoms with Gasteiger partial charge in [-0.2, -0.15) is 0 Å². The fraction of sp³-hybridized carbons (Fsp3) is 0.857. The van der Waals surface area contributed by atoms with Crippen LogP contribution in [0.3, 0.4) is 0 Å². The first-order chi connectivity index (χ1) is 8.88. The molecule has 0 spiro atoms. The highest BCUT2D eigenvalue weighted by Crippen LogP contribution is 2.35. The molecule has 1 aliphatic rings. The van der Waals surface area contributed by atoms with Crippen LogP contribution in [0.25, 0.3) is 0 Å². The molecule has 1 unspecified atom stereocenters. The molecule has 0 aromatic rings. The van der Waals surface area contributed by atoms with E-state index in [1.54, 1.807) is 4.90 Å². The summed E-state index contributed by atoms with van der Waals surface area (Å²) in [5.41, 5.74) is -0.284. The van der Waals surface area contributed by atoms with Gasteiger partial charge in [0.25, 0.3) is 0 Å². The molecule has 19 heavy (non-hydrogen) atoms. The van der Waals surface area contributed by atoms with Gasteiger partial charge >= 0.3 is 5.97 Å². The van der Waals surface area contributed by atoms with Crippen LogP contribution < -0.4 is 5.32 Å². The molecule has 1 fully saturated rings. The number of amides is 1. The van der Waals surface area contributed by atoms with Crippen molar-refractivity contribution in [1.29, 1.82) is 0 Å². The van der Waals surface area contributed by atoms with E-state index in [-0.39, 0.29) is 17.9 Å². The fourth-order valence-electron chi connectivity index (χ4n) is 2.80. The molecule has 1 aliphatic heterocycles. The molecule has 5 nitrogen and oxygen atoms in total. The first-order valence-corrected chi connectivity index (χ1v) is 7.12. The lowest BCUT2D eigenvalue weighted by Gasteiger charge is -2.43. The van der Waals surface area contributed by atoms with E-state index in [9.17, 15) is 14.7 Å². The highest BCUT2D eigenvalue weighted by atomic mass is 16.4. The van der Waals surface area contributed by atoms with E-state index in [1.807, 2.05) is 13.8 Å². The van der Waals surface area contributed by atoms with Crippen LogP contribution >= 0.6 is 0 Å². The number of likely N-dealkylation sites (tertiary alicyclic amines) is 1. The van der Waals surface area contributed by atoms with Crippen molar-refractivity contribution in [3.05, 3.63) is 0 Å². The number of unbranched alkanes of at least 4 members (excludes halogenated alkanes) is 1. The third-order valence-corrected chi connectivity index (χ3v) is 3.80. The van der Waals surface area contributed by atoms with Crippen LogP contribution in [-0.2, 0) is 9.59 Å². The molecule has 0 aliphatic carbocycles. The Kier molecular flexibility index (Phi) is 5.79. The van der Waals surface area contributed by atoms with E-state index < -0.39 is 12.0 Å². The number of aliphatic carboxylic acids is 1. The number of carboxylic acids is 1. The Morgan fingerprint density at radius 1 is 1.42 bits per heavy atom. The summed E-state index contributed by atoms with van der Waals surface area (Å²) >= 11 is 0. The SMILES string of the molecule is CCCCNC(=O)CN1CCCC(C)(C)C1C(=O)O. The van der Waals surface area contributed by atoms with Crippen molar-refractivity contribution in [3.63, 3.8) is 0 Å². The van der Waals surface area contributed by atoms with Crippen molar-refractivity contribution in [2.75, 3.05) is 19.6 Å². The summed E-state index contributed by atoms with van der Waals surface area (Å²) in [6, 6.07) is -0.571. The molecule has 2 N–H and O–H groups in total. The normalized spacial score (nSPS) is 23.0. The highest BCUT2D eigenvalue weighted by Gasteiger charge is 2.42. The Balaban J connectivity index is 2.59. The van der Waals surface area contributed by atoms with Gasteiger partial charge in [0.15, 0.2) is 0 Å². The molecule has 1 rings (SSSR count). The van der Waals surface area contributed by atoms with Crippen molar-refractivity contribution in [3.8, 4) is 0 Å². The Bertz CT molecular complexity index is 329. The average Bonchev–Trinajstić information content (AvgIpc) is 2.27. The standard InChI is InChI=1S/C14H26N2O3/c1-4-5-8-15-11(17)10-16-9-6-7-14(2,3)12(16)13(18)19/h12H,4-10H2,1-3H3,(H,15,17)(H,18,19). The fourth-order valence-corrected chi connectivity index (χ4v) is 2.80. The molecular formula is C14H26N2O3. The lowest BCUT2D eigenvalue weighted by atomic mass is 9.76. The third-order valence-electron chi connectivity index (χ3n) is 3.80. The lowest BCUT2D eigenvalue weighted by molar-refractivity contribution is -0.151. The molecule has 0 radical (unpaired) electrons. The maximum Gasteiger partial charge on any atom is 0.321 e. The van der Waals surface area contributed by atoms with Crippen LogP contribution in [0, 0.1) is 5.41 Å². The quantitative estimate of drug-likeness (QED) is 0.717. The second-order valence-corrected chi connectivity index (χ2v) is 6.01. The number of hydrogen-bond acceptors (Lipinski definition) is 3. The summed E-state index contributed by atoms with van der Waals surface area (Å²) in [6.07, 6.45) is 3.82. The van der Waals surface area contributed by atoms with Crippen molar-refractivity contribution in [1.82, 2.24) is 10.2 Å². The van der Waals surface area contributed by atoms with Crippen LogP contribution in [0.4, 0.5) is 0 Å². The predicted octanol–water partition coefficient (Wildman–Crippen LogP) is 1.48. The van der Waals surface area contributed by atoms with Gasteiger partial charge in [0.1, 0.15) is 6.04 Å². The van der Waals surface area contributed by atoms with Crippen molar-refractivity contribution in [2.45, 2.75) is 52.5 Å². The monoisotopic (exact) mass is 270 g/mol. The van der Waals surface area contributed by atoms with E-state index >= 15 is 0 Å². The second-order valence-electron chi connectivity index (χ2n) is 6.01. The van der Waals surface area contributed by atoms with Crippen LogP contribution in [0.2, 0.25) is 0 Å². The zero-order valence-corrected chi connectivity index (χ0v) is 12.2. The van der Waals surface area contributed by atoms with Crippen molar-refractivity contribution < 1.29 is 14.7 Å². The number of carbonyl (C=O) groups is 2. The minimum Gasteiger partial charge on any atom is -0.480 e. The molecule has 1 saturated heterocycles. The van der Waals surface area contributed by atoms with Gasteiger partial charge in [0.2, 0.25) is 5.91 Å². The Hall–Kier alpha value is -1.10. The zero-order chi connectivity index (χ0) is 14.5. The molecular weight excluding hydrogens is 244 g/mol. The van der Waals surface area contributed by atoms with Gasteiger partial charge in [-0.1, -0.05) is 27.2 Å². The first-order valence-electron chi connectivity index (χ1n) is 7.12. The average molecular weight is 270 g/mol.